The third-order valence-corrected chi connectivity index (χ3v) is 4.70. The number of unbranched alkanes of at least 4 members (excludes halogenated alkanes) is 9. The fourth-order valence-corrected chi connectivity index (χ4v) is 3.09. The Morgan fingerprint density at radius 3 is 1.69 bits per heavy atom. The summed E-state index contributed by atoms with van der Waals surface area (Å²) < 4.78 is 16.7. The molecule has 0 aliphatic carbocycles. The lowest BCUT2D eigenvalue weighted by Gasteiger charge is -2.18. The highest BCUT2D eigenvalue weighted by Gasteiger charge is 2.08. The lowest BCUT2D eigenvalue weighted by molar-refractivity contribution is -0.0198. The second-order valence-electron chi connectivity index (χ2n) is 7.20. The molecule has 4 nitrogen and oxygen atoms in total. The zero-order chi connectivity index (χ0) is 19.1. The molecule has 4 heteroatoms. The normalized spacial score (nSPS) is 12.6. The maximum absolute atomic E-state index is 8.62. The first kappa shape index (κ1) is 25.8. The summed E-state index contributed by atoms with van der Waals surface area (Å²) in [6.07, 6.45) is 17.6. The van der Waals surface area contributed by atoms with Crippen LogP contribution in [0.2, 0.25) is 0 Å². The van der Waals surface area contributed by atoms with E-state index in [4.69, 9.17) is 19.3 Å². The van der Waals surface area contributed by atoms with Crippen molar-refractivity contribution in [3.05, 3.63) is 0 Å². The van der Waals surface area contributed by atoms with E-state index in [1.165, 1.54) is 83.5 Å². The Kier molecular flexibility index (Phi) is 22.7. The summed E-state index contributed by atoms with van der Waals surface area (Å²) in [6.45, 7) is 7.38. The molecule has 158 valence electrons. The minimum Gasteiger partial charge on any atom is -0.394 e. The van der Waals surface area contributed by atoms with Crippen LogP contribution < -0.4 is 0 Å². The summed E-state index contributed by atoms with van der Waals surface area (Å²) in [5.41, 5.74) is 0. The molecule has 0 bridgehead atoms. The summed E-state index contributed by atoms with van der Waals surface area (Å²) >= 11 is 0. The molecule has 26 heavy (non-hydrogen) atoms. The van der Waals surface area contributed by atoms with E-state index < -0.39 is 0 Å². The zero-order valence-corrected chi connectivity index (χ0v) is 17.7. The van der Waals surface area contributed by atoms with Crippen LogP contribution in [0.1, 0.15) is 97.3 Å². The lowest BCUT2D eigenvalue weighted by Crippen LogP contribution is -2.17. The standard InChI is InChI=1S/C22H46O4/c1-3-5-7-8-9-10-11-12-13-15-22(14-6-4-2)26-21-20-25-19-18-24-17-16-23/h22-23H,3-21H2,1-2H3. The van der Waals surface area contributed by atoms with Crippen molar-refractivity contribution in [1.29, 1.82) is 0 Å². The number of aliphatic hydroxyl groups is 1. The fraction of sp³-hybridized carbons (Fsp3) is 1.00. The number of ether oxygens (including phenoxy) is 3. The van der Waals surface area contributed by atoms with E-state index in [0.717, 1.165) is 0 Å². The molecule has 1 unspecified atom stereocenters. The minimum absolute atomic E-state index is 0.0705. The van der Waals surface area contributed by atoms with Crippen LogP contribution in [-0.4, -0.2) is 50.9 Å². The zero-order valence-electron chi connectivity index (χ0n) is 17.7. The molecule has 0 spiro atoms. The Labute approximate surface area is 163 Å². The smallest absolute Gasteiger partial charge is 0.0704 e. The van der Waals surface area contributed by atoms with Crippen LogP contribution in [0.4, 0.5) is 0 Å². The van der Waals surface area contributed by atoms with Gasteiger partial charge in [0, 0.05) is 0 Å². The van der Waals surface area contributed by atoms with Crippen LogP contribution in [0.15, 0.2) is 0 Å². The predicted molar refractivity (Wildman–Crippen MR) is 110 cm³/mol. The lowest BCUT2D eigenvalue weighted by atomic mass is 10.0. The molecule has 0 aromatic carbocycles. The maximum atomic E-state index is 8.62. The molecule has 0 aromatic rings. The third-order valence-electron chi connectivity index (χ3n) is 4.70. The number of aliphatic hydroxyl groups excluding tert-OH is 1. The van der Waals surface area contributed by atoms with Gasteiger partial charge in [-0.25, -0.2) is 0 Å². The van der Waals surface area contributed by atoms with E-state index in [1.807, 2.05) is 0 Å². The number of rotatable bonds is 22. The topological polar surface area (TPSA) is 47.9 Å². The Hall–Kier alpha value is -0.160. The van der Waals surface area contributed by atoms with Crippen molar-refractivity contribution in [3.63, 3.8) is 0 Å². The quantitative estimate of drug-likeness (QED) is 0.254. The van der Waals surface area contributed by atoms with E-state index >= 15 is 0 Å². The van der Waals surface area contributed by atoms with Gasteiger partial charge in [0.05, 0.1) is 45.7 Å². The average molecular weight is 375 g/mol. The van der Waals surface area contributed by atoms with Gasteiger partial charge in [0.15, 0.2) is 0 Å². The minimum atomic E-state index is 0.0705. The Balaban J connectivity index is 3.53. The van der Waals surface area contributed by atoms with Gasteiger partial charge in [0.2, 0.25) is 0 Å². The largest absolute Gasteiger partial charge is 0.394 e. The van der Waals surface area contributed by atoms with Gasteiger partial charge in [-0.2, -0.15) is 0 Å². The summed E-state index contributed by atoms with van der Waals surface area (Å²) in [5.74, 6) is 0. The van der Waals surface area contributed by atoms with Crippen LogP contribution in [-0.2, 0) is 14.2 Å². The van der Waals surface area contributed by atoms with E-state index in [-0.39, 0.29) is 6.61 Å². The number of hydrogen-bond acceptors (Lipinski definition) is 4. The molecule has 0 aliphatic heterocycles. The summed E-state index contributed by atoms with van der Waals surface area (Å²) in [7, 11) is 0. The van der Waals surface area contributed by atoms with Crippen LogP contribution in [0.3, 0.4) is 0 Å². The van der Waals surface area contributed by atoms with E-state index in [9.17, 15) is 0 Å². The highest BCUT2D eigenvalue weighted by molar-refractivity contribution is 4.59. The maximum Gasteiger partial charge on any atom is 0.0704 e. The fourth-order valence-electron chi connectivity index (χ4n) is 3.09. The molecule has 0 aromatic heterocycles. The first-order chi connectivity index (χ1) is 12.8. The molecular weight excluding hydrogens is 328 g/mol. The van der Waals surface area contributed by atoms with Crippen LogP contribution in [0.5, 0.6) is 0 Å². The monoisotopic (exact) mass is 374 g/mol. The highest BCUT2D eigenvalue weighted by atomic mass is 16.5. The third kappa shape index (κ3) is 20.2. The van der Waals surface area contributed by atoms with Crippen molar-refractivity contribution < 1.29 is 19.3 Å². The van der Waals surface area contributed by atoms with Crippen molar-refractivity contribution in [3.8, 4) is 0 Å². The Morgan fingerprint density at radius 2 is 1.08 bits per heavy atom. The van der Waals surface area contributed by atoms with Gasteiger partial charge >= 0.3 is 0 Å². The molecule has 0 aliphatic rings. The second kappa shape index (κ2) is 22.9. The summed E-state index contributed by atoms with van der Waals surface area (Å²) in [5, 5.41) is 8.62. The number of hydrogen-bond donors (Lipinski definition) is 1. The Morgan fingerprint density at radius 1 is 0.577 bits per heavy atom. The van der Waals surface area contributed by atoms with Crippen LogP contribution in [0.25, 0.3) is 0 Å². The van der Waals surface area contributed by atoms with Gasteiger partial charge in [-0.3, -0.25) is 0 Å². The van der Waals surface area contributed by atoms with E-state index in [0.29, 0.717) is 39.1 Å². The molecule has 0 saturated carbocycles. The molecule has 0 fully saturated rings. The SMILES string of the molecule is CCCCCCCCCCCC(CCCC)OCCOCCOCCO. The van der Waals surface area contributed by atoms with Gasteiger partial charge in [0.25, 0.3) is 0 Å². The van der Waals surface area contributed by atoms with Crippen molar-refractivity contribution >= 4 is 0 Å². The van der Waals surface area contributed by atoms with Crippen molar-refractivity contribution in [1.82, 2.24) is 0 Å². The summed E-state index contributed by atoms with van der Waals surface area (Å²) in [4.78, 5) is 0. The molecule has 0 radical (unpaired) electrons. The average Bonchev–Trinajstić information content (AvgIpc) is 2.66. The van der Waals surface area contributed by atoms with Gasteiger partial charge in [0.1, 0.15) is 0 Å². The molecular formula is C22H46O4. The highest BCUT2D eigenvalue weighted by Crippen LogP contribution is 2.15. The summed E-state index contributed by atoms with van der Waals surface area (Å²) in [6, 6.07) is 0. The molecule has 0 heterocycles. The van der Waals surface area contributed by atoms with Gasteiger partial charge in [-0.15, -0.1) is 0 Å². The molecule has 0 amide bonds. The van der Waals surface area contributed by atoms with Gasteiger partial charge in [-0.1, -0.05) is 84.5 Å². The van der Waals surface area contributed by atoms with E-state index in [1.54, 1.807) is 0 Å². The van der Waals surface area contributed by atoms with Gasteiger partial charge < -0.3 is 19.3 Å². The first-order valence-electron chi connectivity index (χ1n) is 11.2. The van der Waals surface area contributed by atoms with E-state index in [2.05, 4.69) is 13.8 Å². The Bertz CT molecular complexity index is 248. The molecule has 0 rings (SSSR count). The van der Waals surface area contributed by atoms with Crippen molar-refractivity contribution in [2.24, 2.45) is 0 Å². The van der Waals surface area contributed by atoms with Crippen molar-refractivity contribution in [2.75, 3.05) is 39.6 Å². The first-order valence-corrected chi connectivity index (χ1v) is 11.2. The molecule has 1 atom stereocenters. The molecule has 0 saturated heterocycles. The van der Waals surface area contributed by atoms with Crippen LogP contribution in [0, 0.1) is 0 Å². The molecule has 1 N–H and O–H groups in total. The van der Waals surface area contributed by atoms with Crippen LogP contribution >= 0.6 is 0 Å². The van der Waals surface area contributed by atoms with Gasteiger partial charge in [-0.05, 0) is 12.8 Å². The predicted octanol–water partition coefficient (Wildman–Crippen LogP) is 5.51. The second-order valence-corrected chi connectivity index (χ2v) is 7.20. The van der Waals surface area contributed by atoms with Crippen molar-refractivity contribution in [2.45, 2.75) is 103 Å².